The van der Waals surface area contributed by atoms with Gasteiger partial charge in [-0.1, -0.05) is 36.4 Å². The zero-order valence-electron chi connectivity index (χ0n) is 11.9. The van der Waals surface area contributed by atoms with Crippen LogP contribution in [0.1, 0.15) is 0 Å². The van der Waals surface area contributed by atoms with Gasteiger partial charge < -0.3 is 36.4 Å². The van der Waals surface area contributed by atoms with Crippen molar-refractivity contribution in [1.82, 2.24) is 0 Å². The van der Waals surface area contributed by atoms with Crippen LogP contribution < -0.4 is 5.73 Å². The zero-order chi connectivity index (χ0) is 18.4. The number of aliphatic hydroxyl groups is 3. The SMILES string of the molecule is NC(CO)C(=O)O.O=C(O)C(O)C(O)C(=O)O.c1ccccc1. The first-order valence-electron chi connectivity index (χ1n) is 6.06. The number of hydrogen-bond donors (Lipinski definition) is 7. The molecule has 3 atom stereocenters. The molecule has 130 valence electrons. The van der Waals surface area contributed by atoms with Crippen molar-refractivity contribution in [3.05, 3.63) is 36.4 Å². The van der Waals surface area contributed by atoms with Gasteiger partial charge in [-0.15, -0.1) is 0 Å². The minimum absolute atomic E-state index is 0.505. The van der Waals surface area contributed by atoms with Gasteiger partial charge in [-0.2, -0.15) is 0 Å². The van der Waals surface area contributed by atoms with Crippen LogP contribution in [0.15, 0.2) is 36.4 Å². The molecule has 10 heteroatoms. The van der Waals surface area contributed by atoms with Crippen molar-refractivity contribution in [2.24, 2.45) is 5.73 Å². The molecule has 0 amide bonds. The molecule has 10 nitrogen and oxygen atoms in total. The molecule has 0 bridgehead atoms. The van der Waals surface area contributed by atoms with Crippen molar-refractivity contribution in [2.75, 3.05) is 6.61 Å². The lowest BCUT2D eigenvalue weighted by Gasteiger charge is -2.07. The number of carbonyl (C=O) groups is 3. The minimum Gasteiger partial charge on any atom is -0.480 e. The van der Waals surface area contributed by atoms with Crippen LogP contribution in [0.2, 0.25) is 0 Å². The van der Waals surface area contributed by atoms with Crippen LogP contribution in [0, 0.1) is 0 Å². The second-order valence-electron chi connectivity index (χ2n) is 3.85. The van der Waals surface area contributed by atoms with Gasteiger partial charge in [0.25, 0.3) is 0 Å². The van der Waals surface area contributed by atoms with Gasteiger partial charge in [0, 0.05) is 0 Å². The Morgan fingerprint density at radius 2 is 1.00 bits per heavy atom. The van der Waals surface area contributed by atoms with Crippen molar-refractivity contribution >= 4 is 17.9 Å². The average molecular weight is 333 g/mol. The molecule has 0 aliphatic rings. The van der Waals surface area contributed by atoms with Gasteiger partial charge in [0.05, 0.1) is 6.61 Å². The molecular weight excluding hydrogens is 314 g/mol. The first-order chi connectivity index (χ1) is 10.6. The summed E-state index contributed by atoms with van der Waals surface area (Å²) in [6.45, 7) is -0.505. The van der Waals surface area contributed by atoms with E-state index in [-0.39, 0.29) is 0 Å². The van der Waals surface area contributed by atoms with E-state index in [1.807, 2.05) is 36.4 Å². The molecule has 1 aromatic rings. The Labute approximate surface area is 131 Å². The predicted molar refractivity (Wildman–Crippen MR) is 76.4 cm³/mol. The molecular formula is C13H19NO9. The molecule has 0 saturated heterocycles. The van der Waals surface area contributed by atoms with Gasteiger partial charge in [0.1, 0.15) is 6.04 Å². The summed E-state index contributed by atoms with van der Waals surface area (Å²) in [7, 11) is 0. The van der Waals surface area contributed by atoms with E-state index < -0.39 is 42.8 Å². The maximum atomic E-state index is 9.77. The van der Waals surface area contributed by atoms with Gasteiger partial charge in [-0.3, -0.25) is 4.79 Å². The number of nitrogens with two attached hydrogens (primary N) is 1. The largest absolute Gasteiger partial charge is 0.480 e. The molecule has 0 aliphatic carbocycles. The lowest BCUT2D eigenvalue weighted by Crippen LogP contribution is -2.39. The molecule has 0 spiro atoms. The second-order valence-corrected chi connectivity index (χ2v) is 3.85. The van der Waals surface area contributed by atoms with E-state index in [0.717, 1.165) is 0 Å². The van der Waals surface area contributed by atoms with Gasteiger partial charge >= 0.3 is 17.9 Å². The van der Waals surface area contributed by atoms with E-state index in [0.29, 0.717) is 0 Å². The van der Waals surface area contributed by atoms with Crippen LogP contribution in [0.4, 0.5) is 0 Å². The van der Waals surface area contributed by atoms with E-state index in [1.54, 1.807) is 0 Å². The quantitative estimate of drug-likeness (QED) is 0.315. The van der Waals surface area contributed by atoms with Gasteiger partial charge in [0.2, 0.25) is 0 Å². The standard InChI is InChI=1S/C6H6.C4H6O6.C3H7NO3/c1-2-4-6-5-3-1;5-1(3(7)8)2(6)4(9)10;4-2(1-5)3(6)7/h1-6H;1-2,5-6H,(H,7,8)(H,9,10);2,5H,1,4H2,(H,6,7). The third-order valence-electron chi connectivity index (χ3n) is 1.99. The summed E-state index contributed by atoms with van der Waals surface area (Å²) < 4.78 is 0. The van der Waals surface area contributed by atoms with Crippen LogP contribution >= 0.6 is 0 Å². The fourth-order valence-corrected chi connectivity index (χ4v) is 0.733. The molecule has 8 N–H and O–H groups in total. The molecule has 0 saturated carbocycles. The van der Waals surface area contributed by atoms with E-state index in [2.05, 4.69) is 0 Å². The summed E-state index contributed by atoms with van der Waals surface area (Å²) in [6.07, 6.45) is -4.53. The lowest BCUT2D eigenvalue weighted by atomic mass is 10.2. The summed E-state index contributed by atoms with van der Waals surface area (Å²) in [4.78, 5) is 29.2. The molecule has 1 aromatic carbocycles. The van der Waals surface area contributed by atoms with Crippen LogP contribution in [-0.2, 0) is 14.4 Å². The number of carboxylic acid groups (broad SMARTS) is 3. The minimum atomic E-state index is -2.27. The van der Waals surface area contributed by atoms with E-state index in [1.165, 1.54) is 0 Å². The number of rotatable bonds is 5. The number of aliphatic carboxylic acids is 3. The van der Waals surface area contributed by atoms with Crippen molar-refractivity contribution in [2.45, 2.75) is 18.2 Å². The number of aliphatic hydroxyl groups excluding tert-OH is 3. The third-order valence-corrected chi connectivity index (χ3v) is 1.99. The zero-order valence-corrected chi connectivity index (χ0v) is 11.9. The predicted octanol–water partition coefficient (Wildman–Crippen LogP) is -2.05. The highest BCUT2D eigenvalue weighted by Gasteiger charge is 2.29. The van der Waals surface area contributed by atoms with Crippen molar-refractivity contribution < 1.29 is 45.0 Å². The van der Waals surface area contributed by atoms with Crippen molar-refractivity contribution in [3.8, 4) is 0 Å². The maximum Gasteiger partial charge on any atom is 0.335 e. The fraction of sp³-hybridized carbons (Fsp3) is 0.308. The third kappa shape index (κ3) is 12.9. The topological polar surface area (TPSA) is 199 Å². The highest BCUT2D eigenvalue weighted by molar-refractivity contribution is 5.83. The molecule has 23 heavy (non-hydrogen) atoms. The molecule has 0 fully saturated rings. The Morgan fingerprint density at radius 3 is 1.09 bits per heavy atom. The van der Waals surface area contributed by atoms with E-state index in [4.69, 9.17) is 36.4 Å². The molecule has 0 aromatic heterocycles. The van der Waals surface area contributed by atoms with Crippen LogP contribution in [-0.4, -0.2) is 73.4 Å². The normalized spacial score (nSPS) is 13.0. The van der Waals surface area contributed by atoms with Crippen LogP contribution in [0.5, 0.6) is 0 Å². The number of benzene rings is 1. The second kappa shape index (κ2) is 13.2. The summed E-state index contributed by atoms with van der Waals surface area (Å²) in [6, 6.07) is 10.9. The van der Waals surface area contributed by atoms with Gasteiger partial charge in [-0.05, 0) is 0 Å². The van der Waals surface area contributed by atoms with Crippen molar-refractivity contribution in [1.29, 1.82) is 0 Å². The van der Waals surface area contributed by atoms with Crippen LogP contribution in [0.25, 0.3) is 0 Å². The first kappa shape index (κ1) is 22.7. The van der Waals surface area contributed by atoms with Crippen LogP contribution in [0.3, 0.4) is 0 Å². The highest BCUT2D eigenvalue weighted by Crippen LogP contribution is 1.92. The summed E-state index contributed by atoms with van der Waals surface area (Å²) in [5, 5.41) is 48.4. The monoisotopic (exact) mass is 333 g/mol. The number of carboxylic acids is 3. The van der Waals surface area contributed by atoms with Gasteiger partial charge in [-0.25, -0.2) is 9.59 Å². The highest BCUT2D eigenvalue weighted by atomic mass is 16.4. The first-order valence-corrected chi connectivity index (χ1v) is 6.06. The Bertz CT molecular complexity index is 421. The van der Waals surface area contributed by atoms with E-state index in [9.17, 15) is 14.4 Å². The Morgan fingerprint density at radius 1 is 0.739 bits per heavy atom. The molecule has 0 aliphatic heterocycles. The molecule has 3 unspecified atom stereocenters. The summed E-state index contributed by atoms with van der Waals surface area (Å²) in [5.41, 5.74) is 4.77. The van der Waals surface area contributed by atoms with Crippen molar-refractivity contribution in [3.63, 3.8) is 0 Å². The number of hydrogen-bond acceptors (Lipinski definition) is 7. The van der Waals surface area contributed by atoms with E-state index >= 15 is 0 Å². The fourth-order valence-electron chi connectivity index (χ4n) is 0.733. The average Bonchev–Trinajstić information content (AvgIpc) is 2.55. The van der Waals surface area contributed by atoms with Gasteiger partial charge in [0.15, 0.2) is 12.2 Å². The summed E-state index contributed by atoms with van der Waals surface area (Å²) >= 11 is 0. The lowest BCUT2D eigenvalue weighted by molar-refractivity contribution is -0.165. The Balaban J connectivity index is 0. The Hall–Kier alpha value is -2.53. The molecule has 1 rings (SSSR count). The Kier molecular flexibility index (Phi) is 13.0. The maximum absolute atomic E-state index is 9.77. The molecule has 0 radical (unpaired) electrons. The smallest absolute Gasteiger partial charge is 0.335 e. The molecule has 0 heterocycles. The summed E-state index contributed by atoms with van der Waals surface area (Å²) in [5.74, 6) is -4.72.